The number of carbonyl (C=O) groups is 2. The quantitative estimate of drug-likeness (QED) is 0.665. The molecule has 1 N–H and O–H groups in total. The molecule has 11 heavy (non-hydrogen) atoms. The maximum Gasteiger partial charge on any atom is 0.404 e. The van der Waals surface area contributed by atoms with Crippen molar-refractivity contribution in [3.8, 4) is 0 Å². The van der Waals surface area contributed by atoms with E-state index in [1.807, 2.05) is 0 Å². The van der Waals surface area contributed by atoms with Crippen LogP contribution < -0.4 is 0 Å². The molecule has 6 heteroatoms. The predicted octanol–water partition coefficient (Wildman–Crippen LogP) is 2.67. The highest BCUT2D eigenvalue weighted by Gasteiger charge is 1.96. The fraction of sp³-hybridized carbons (Fsp3) is 0.600. The Labute approximate surface area is 74.0 Å². The molecule has 0 aromatic rings. The van der Waals surface area contributed by atoms with Crippen LogP contribution in [0.1, 0.15) is 13.8 Å². The highest BCUT2D eigenvalue weighted by atomic mass is 35.5. The van der Waals surface area contributed by atoms with Crippen molar-refractivity contribution in [3.63, 3.8) is 0 Å². The van der Waals surface area contributed by atoms with E-state index in [9.17, 15) is 4.79 Å². The molecular weight excluding hydrogens is 195 g/mol. The minimum Gasteiger partial charge on any atom is -0.469 e. The van der Waals surface area contributed by atoms with E-state index in [1.54, 1.807) is 13.8 Å². The van der Waals surface area contributed by atoms with Crippen LogP contribution in [0.2, 0.25) is 0 Å². The second kappa shape index (κ2) is 7.63. The number of halogens is 2. The molecule has 0 aromatic carbocycles. The third kappa shape index (κ3) is 43.4. The number of hydrogen-bond acceptors (Lipinski definition) is 3. The van der Waals surface area contributed by atoms with E-state index in [-0.39, 0.29) is 6.10 Å². The van der Waals surface area contributed by atoms with Crippen LogP contribution in [0.15, 0.2) is 0 Å². The summed E-state index contributed by atoms with van der Waals surface area (Å²) in [6.45, 7) is 3.47. The Hall–Kier alpha value is -0.480. The fourth-order valence-electron chi connectivity index (χ4n) is 0.185. The van der Waals surface area contributed by atoms with Crippen LogP contribution in [0, 0.1) is 0 Å². The van der Waals surface area contributed by atoms with Crippen molar-refractivity contribution in [3.05, 3.63) is 0 Å². The summed E-state index contributed by atoms with van der Waals surface area (Å²) in [5.74, 6) is 0. The maximum atomic E-state index is 9.80. The zero-order chi connectivity index (χ0) is 9.44. The SMILES string of the molecule is CC(C)OC(=O)Cl.O=C(O)Cl. The highest BCUT2D eigenvalue weighted by molar-refractivity contribution is 6.61. The number of carboxylic acid groups (broad SMARTS) is 1. The third-order valence-electron chi connectivity index (χ3n) is 0.328. The summed E-state index contributed by atoms with van der Waals surface area (Å²) in [6, 6.07) is 0. The van der Waals surface area contributed by atoms with Crippen molar-refractivity contribution in [2.24, 2.45) is 0 Å². The van der Waals surface area contributed by atoms with Crippen LogP contribution in [0.4, 0.5) is 9.59 Å². The molecule has 0 saturated heterocycles. The summed E-state index contributed by atoms with van der Waals surface area (Å²) in [7, 11) is 0. The third-order valence-corrected chi connectivity index (χ3v) is 0.417. The average molecular weight is 203 g/mol. The first kappa shape index (κ1) is 13.1. The summed E-state index contributed by atoms with van der Waals surface area (Å²) in [5, 5.41) is 7.18. The van der Waals surface area contributed by atoms with Crippen molar-refractivity contribution in [1.82, 2.24) is 0 Å². The maximum absolute atomic E-state index is 9.80. The standard InChI is InChI=1S/C4H7ClO2.CHClO2/c1-3(2)7-4(5)6;2-1(3)4/h3H,1-2H3;(H,3,4). The molecule has 66 valence electrons. The largest absolute Gasteiger partial charge is 0.469 e. The first-order chi connectivity index (χ1) is 4.86. The zero-order valence-electron chi connectivity index (χ0n) is 6.01. The van der Waals surface area contributed by atoms with Gasteiger partial charge in [-0.1, -0.05) is 0 Å². The van der Waals surface area contributed by atoms with Gasteiger partial charge in [0.2, 0.25) is 0 Å². The number of carbonyl (C=O) groups excluding carboxylic acids is 1. The first-order valence-corrected chi connectivity index (χ1v) is 3.36. The van der Waals surface area contributed by atoms with Gasteiger partial charge < -0.3 is 9.84 Å². The van der Waals surface area contributed by atoms with E-state index in [2.05, 4.69) is 16.3 Å². The summed E-state index contributed by atoms with van der Waals surface area (Å²) < 4.78 is 4.38. The molecule has 0 aliphatic heterocycles. The van der Waals surface area contributed by atoms with E-state index >= 15 is 0 Å². The second-order valence-corrected chi connectivity index (χ2v) is 2.29. The molecule has 0 saturated carbocycles. The minimum atomic E-state index is -1.36. The van der Waals surface area contributed by atoms with E-state index < -0.39 is 10.9 Å². The molecule has 0 aliphatic rings. The molecule has 0 amide bonds. The zero-order valence-corrected chi connectivity index (χ0v) is 7.52. The average Bonchev–Trinajstić information content (AvgIpc) is 1.56. The van der Waals surface area contributed by atoms with E-state index in [0.717, 1.165) is 0 Å². The summed E-state index contributed by atoms with van der Waals surface area (Å²) in [5.41, 5.74) is -2.10. The topological polar surface area (TPSA) is 63.6 Å². The fourth-order valence-corrected chi connectivity index (χ4v) is 0.363. The molecule has 0 atom stereocenters. The van der Waals surface area contributed by atoms with E-state index in [1.165, 1.54) is 0 Å². The van der Waals surface area contributed by atoms with Crippen LogP contribution in [-0.2, 0) is 4.74 Å². The van der Waals surface area contributed by atoms with Gasteiger partial charge in [-0.25, -0.2) is 9.59 Å². The van der Waals surface area contributed by atoms with Crippen LogP contribution in [0.25, 0.3) is 0 Å². The van der Waals surface area contributed by atoms with Gasteiger partial charge in [-0.05, 0) is 13.8 Å². The molecule has 0 aliphatic carbocycles. The number of ether oxygens (including phenoxy) is 1. The normalized spacial score (nSPS) is 8.09. The van der Waals surface area contributed by atoms with Crippen LogP contribution in [-0.4, -0.2) is 22.1 Å². The molecule has 0 fully saturated rings. The Morgan fingerprint density at radius 1 is 1.36 bits per heavy atom. The molecule has 0 radical (unpaired) electrons. The Morgan fingerprint density at radius 3 is 1.64 bits per heavy atom. The van der Waals surface area contributed by atoms with Crippen LogP contribution in [0.5, 0.6) is 0 Å². The predicted molar refractivity (Wildman–Crippen MR) is 41.3 cm³/mol. The Balaban J connectivity index is 0. The number of rotatable bonds is 1. The molecular formula is C5H8Cl2O4. The van der Waals surface area contributed by atoms with Gasteiger partial charge in [0, 0.05) is 23.2 Å². The molecule has 0 spiro atoms. The summed E-state index contributed by atoms with van der Waals surface area (Å²) in [4.78, 5) is 18.6. The molecule has 0 bridgehead atoms. The Bertz CT molecular complexity index is 130. The van der Waals surface area contributed by atoms with Crippen LogP contribution >= 0.6 is 23.2 Å². The lowest BCUT2D eigenvalue weighted by molar-refractivity contribution is 0.141. The molecule has 0 aromatic heterocycles. The second-order valence-electron chi connectivity index (χ2n) is 1.66. The monoisotopic (exact) mass is 202 g/mol. The molecule has 0 unspecified atom stereocenters. The Morgan fingerprint density at radius 2 is 1.64 bits per heavy atom. The lowest BCUT2D eigenvalue weighted by Gasteiger charge is -2.00. The van der Waals surface area contributed by atoms with Gasteiger partial charge in [-0.3, -0.25) is 0 Å². The van der Waals surface area contributed by atoms with Gasteiger partial charge in [-0.2, -0.15) is 0 Å². The summed E-state index contributed by atoms with van der Waals surface area (Å²) >= 11 is 9.00. The highest BCUT2D eigenvalue weighted by Crippen LogP contribution is 1.92. The van der Waals surface area contributed by atoms with Crippen molar-refractivity contribution in [2.75, 3.05) is 0 Å². The minimum absolute atomic E-state index is 0.106. The lowest BCUT2D eigenvalue weighted by Crippen LogP contribution is -2.03. The van der Waals surface area contributed by atoms with Crippen molar-refractivity contribution < 1.29 is 19.4 Å². The van der Waals surface area contributed by atoms with Gasteiger partial charge in [0.1, 0.15) is 0 Å². The van der Waals surface area contributed by atoms with Gasteiger partial charge in [0.25, 0.3) is 0 Å². The van der Waals surface area contributed by atoms with Gasteiger partial charge in [0.15, 0.2) is 0 Å². The van der Waals surface area contributed by atoms with Crippen molar-refractivity contribution >= 4 is 34.1 Å². The van der Waals surface area contributed by atoms with Gasteiger partial charge in [0.05, 0.1) is 6.10 Å². The smallest absolute Gasteiger partial charge is 0.404 e. The molecule has 4 nitrogen and oxygen atoms in total. The lowest BCUT2D eigenvalue weighted by atomic mass is 10.5. The molecule has 0 rings (SSSR count). The summed E-state index contributed by atoms with van der Waals surface area (Å²) in [6.07, 6.45) is -0.106. The number of hydrogen-bond donors (Lipinski definition) is 1. The first-order valence-electron chi connectivity index (χ1n) is 2.60. The van der Waals surface area contributed by atoms with Gasteiger partial charge in [-0.15, -0.1) is 0 Å². The van der Waals surface area contributed by atoms with E-state index in [4.69, 9.17) is 21.5 Å². The van der Waals surface area contributed by atoms with E-state index in [0.29, 0.717) is 0 Å². The Kier molecular flexibility index (Phi) is 9.10. The molecule has 0 heterocycles. The van der Waals surface area contributed by atoms with Crippen molar-refractivity contribution in [1.29, 1.82) is 0 Å². The van der Waals surface area contributed by atoms with Crippen molar-refractivity contribution in [2.45, 2.75) is 20.0 Å². The van der Waals surface area contributed by atoms with Gasteiger partial charge >= 0.3 is 10.9 Å². The van der Waals surface area contributed by atoms with Crippen LogP contribution in [0.3, 0.4) is 0 Å².